The van der Waals surface area contributed by atoms with Crippen LogP contribution in [0.25, 0.3) is 0 Å². The molecule has 2 unspecified atom stereocenters. The van der Waals surface area contributed by atoms with Crippen molar-refractivity contribution in [2.45, 2.75) is 25.2 Å². The summed E-state index contributed by atoms with van der Waals surface area (Å²) < 4.78 is 0. The van der Waals surface area contributed by atoms with E-state index in [2.05, 4.69) is 5.32 Å². The molecule has 0 aromatic heterocycles. The van der Waals surface area contributed by atoms with Crippen molar-refractivity contribution in [3.8, 4) is 0 Å². The fourth-order valence-electron chi connectivity index (χ4n) is 1.57. The van der Waals surface area contributed by atoms with Gasteiger partial charge in [0.25, 0.3) is 0 Å². The van der Waals surface area contributed by atoms with E-state index in [4.69, 9.17) is 16.7 Å². The molecule has 0 spiro atoms. The Hall–Kier alpha value is -0.650. The molecule has 0 aliphatic carbocycles. The summed E-state index contributed by atoms with van der Waals surface area (Å²) in [5, 5.41) is 32.1. The van der Waals surface area contributed by atoms with Gasteiger partial charge in [-0.15, -0.1) is 0 Å². The lowest BCUT2D eigenvalue weighted by Gasteiger charge is -2.18. The predicted octanol–water partition coefficient (Wildman–Crippen LogP) is 0.836. The zero-order valence-electron chi connectivity index (χ0n) is 9.73. The lowest BCUT2D eigenvalue weighted by molar-refractivity contribution is 0.0139. The number of aliphatic hydroxyl groups excluding tert-OH is 3. The SMILES string of the molecule is CNCCC(O)C(O)c1ccc(Cl)c(CO)c1. The minimum absolute atomic E-state index is 0.188. The summed E-state index contributed by atoms with van der Waals surface area (Å²) in [7, 11) is 1.78. The summed E-state index contributed by atoms with van der Waals surface area (Å²) in [5.74, 6) is 0. The molecule has 0 fully saturated rings. The van der Waals surface area contributed by atoms with Crippen LogP contribution in [0.2, 0.25) is 5.02 Å². The monoisotopic (exact) mass is 259 g/mol. The summed E-state index contributed by atoms with van der Waals surface area (Å²) in [6.07, 6.45) is -1.35. The zero-order valence-corrected chi connectivity index (χ0v) is 10.5. The Morgan fingerprint density at radius 1 is 1.35 bits per heavy atom. The molecule has 0 saturated heterocycles. The number of rotatable bonds is 6. The molecule has 1 aromatic rings. The lowest BCUT2D eigenvalue weighted by Crippen LogP contribution is -2.23. The molecule has 1 rings (SSSR count). The fourth-order valence-corrected chi connectivity index (χ4v) is 1.75. The Morgan fingerprint density at radius 2 is 2.06 bits per heavy atom. The molecule has 0 aliphatic rings. The summed E-state index contributed by atoms with van der Waals surface area (Å²) >= 11 is 5.85. The normalized spacial score (nSPS) is 14.6. The van der Waals surface area contributed by atoms with Crippen molar-refractivity contribution in [1.29, 1.82) is 0 Å². The molecule has 5 heteroatoms. The Balaban J connectivity index is 2.77. The molecule has 4 N–H and O–H groups in total. The predicted molar refractivity (Wildman–Crippen MR) is 66.9 cm³/mol. The van der Waals surface area contributed by atoms with Crippen LogP contribution in [-0.4, -0.2) is 35.0 Å². The van der Waals surface area contributed by atoms with E-state index in [1.165, 1.54) is 0 Å². The highest BCUT2D eigenvalue weighted by atomic mass is 35.5. The third-order valence-electron chi connectivity index (χ3n) is 2.64. The number of aliphatic hydroxyl groups is 3. The van der Waals surface area contributed by atoms with Crippen LogP contribution in [0, 0.1) is 0 Å². The topological polar surface area (TPSA) is 72.7 Å². The van der Waals surface area contributed by atoms with Crippen LogP contribution in [0.4, 0.5) is 0 Å². The quantitative estimate of drug-likeness (QED) is 0.611. The first-order valence-electron chi connectivity index (χ1n) is 5.50. The number of benzene rings is 1. The van der Waals surface area contributed by atoms with Crippen molar-refractivity contribution < 1.29 is 15.3 Å². The molecule has 0 saturated carbocycles. The van der Waals surface area contributed by atoms with Gasteiger partial charge in [0.15, 0.2) is 0 Å². The van der Waals surface area contributed by atoms with Crippen molar-refractivity contribution in [1.82, 2.24) is 5.32 Å². The molecular weight excluding hydrogens is 242 g/mol. The third kappa shape index (κ3) is 3.94. The molecule has 0 bridgehead atoms. The highest BCUT2D eigenvalue weighted by Crippen LogP contribution is 2.24. The first-order chi connectivity index (χ1) is 8.10. The second-order valence-electron chi connectivity index (χ2n) is 3.91. The van der Waals surface area contributed by atoms with Gasteiger partial charge in [-0.25, -0.2) is 0 Å². The maximum absolute atomic E-state index is 9.92. The van der Waals surface area contributed by atoms with Crippen LogP contribution in [0.5, 0.6) is 0 Å². The third-order valence-corrected chi connectivity index (χ3v) is 3.00. The van der Waals surface area contributed by atoms with E-state index in [0.29, 0.717) is 29.1 Å². The van der Waals surface area contributed by atoms with Crippen LogP contribution in [0.15, 0.2) is 18.2 Å². The molecule has 0 amide bonds. The van der Waals surface area contributed by atoms with Crippen LogP contribution in [0.1, 0.15) is 23.7 Å². The summed E-state index contributed by atoms with van der Waals surface area (Å²) in [6.45, 7) is 0.435. The van der Waals surface area contributed by atoms with Crippen LogP contribution in [0.3, 0.4) is 0 Å². The van der Waals surface area contributed by atoms with Crippen molar-refractivity contribution in [3.63, 3.8) is 0 Å². The Kier molecular flexibility index (Phi) is 5.88. The second-order valence-corrected chi connectivity index (χ2v) is 4.32. The van der Waals surface area contributed by atoms with Crippen molar-refractivity contribution >= 4 is 11.6 Å². The molecule has 0 radical (unpaired) electrons. The number of hydrogen-bond donors (Lipinski definition) is 4. The van der Waals surface area contributed by atoms with Gasteiger partial charge >= 0.3 is 0 Å². The Bertz CT molecular complexity index is 360. The summed E-state index contributed by atoms with van der Waals surface area (Å²) in [5.41, 5.74) is 1.10. The second kappa shape index (κ2) is 6.93. The smallest absolute Gasteiger partial charge is 0.105 e. The first-order valence-corrected chi connectivity index (χ1v) is 5.87. The average Bonchev–Trinajstić information content (AvgIpc) is 2.35. The zero-order chi connectivity index (χ0) is 12.8. The standard InChI is InChI=1S/C12H18ClNO3/c1-14-5-4-11(16)12(17)8-2-3-10(13)9(6-8)7-15/h2-3,6,11-12,14-17H,4-5,7H2,1H3. The maximum atomic E-state index is 9.92. The van der Waals surface area contributed by atoms with Crippen molar-refractivity contribution in [2.75, 3.05) is 13.6 Å². The molecule has 0 heterocycles. The van der Waals surface area contributed by atoms with Gasteiger partial charge in [0.05, 0.1) is 12.7 Å². The maximum Gasteiger partial charge on any atom is 0.105 e. The Morgan fingerprint density at radius 3 is 2.65 bits per heavy atom. The first kappa shape index (κ1) is 14.4. The van der Waals surface area contributed by atoms with Crippen LogP contribution in [-0.2, 0) is 6.61 Å². The van der Waals surface area contributed by atoms with Gasteiger partial charge in [-0.2, -0.15) is 0 Å². The van der Waals surface area contributed by atoms with E-state index in [9.17, 15) is 10.2 Å². The van der Waals surface area contributed by atoms with Crippen LogP contribution < -0.4 is 5.32 Å². The molecule has 96 valence electrons. The minimum atomic E-state index is -0.967. The van der Waals surface area contributed by atoms with Crippen molar-refractivity contribution in [3.05, 3.63) is 34.3 Å². The van der Waals surface area contributed by atoms with E-state index in [-0.39, 0.29) is 6.61 Å². The van der Waals surface area contributed by atoms with E-state index in [1.54, 1.807) is 25.2 Å². The van der Waals surface area contributed by atoms with Gasteiger partial charge in [-0.1, -0.05) is 17.7 Å². The molecule has 17 heavy (non-hydrogen) atoms. The average molecular weight is 260 g/mol. The van der Waals surface area contributed by atoms with Gasteiger partial charge in [-0.05, 0) is 43.3 Å². The number of nitrogens with one attached hydrogen (secondary N) is 1. The molecule has 2 atom stereocenters. The summed E-state index contributed by atoms with van der Waals surface area (Å²) in [6, 6.07) is 4.86. The Labute approximate surface area is 106 Å². The van der Waals surface area contributed by atoms with Gasteiger partial charge < -0.3 is 20.6 Å². The minimum Gasteiger partial charge on any atom is -0.392 e. The molecule has 4 nitrogen and oxygen atoms in total. The highest BCUT2D eigenvalue weighted by molar-refractivity contribution is 6.31. The van der Waals surface area contributed by atoms with E-state index in [0.717, 1.165) is 0 Å². The van der Waals surface area contributed by atoms with E-state index in [1.807, 2.05) is 0 Å². The van der Waals surface area contributed by atoms with Gasteiger partial charge in [-0.3, -0.25) is 0 Å². The van der Waals surface area contributed by atoms with Gasteiger partial charge in [0, 0.05) is 5.02 Å². The largest absolute Gasteiger partial charge is 0.392 e. The summed E-state index contributed by atoms with van der Waals surface area (Å²) in [4.78, 5) is 0. The molecule has 1 aromatic carbocycles. The molecular formula is C12H18ClNO3. The lowest BCUT2D eigenvalue weighted by atomic mass is 10.0. The highest BCUT2D eigenvalue weighted by Gasteiger charge is 2.18. The van der Waals surface area contributed by atoms with Crippen LogP contribution >= 0.6 is 11.6 Å². The molecule has 0 aliphatic heterocycles. The van der Waals surface area contributed by atoms with Gasteiger partial charge in [0.1, 0.15) is 6.10 Å². The fraction of sp³-hybridized carbons (Fsp3) is 0.500. The van der Waals surface area contributed by atoms with E-state index < -0.39 is 12.2 Å². The van der Waals surface area contributed by atoms with E-state index >= 15 is 0 Å². The number of hydrogen-bond acceptors (Lipinski definition) is 4. The van der Waals surface area contributed by atoms with Gasteiger partial charge in [0.2, 0.25) is 0 Å². The van der Waals surface area contributed by atoms with Crippen molar-refractivity contribution in [2.24, 2.45) is 0 Å². The number of halogens is 1.